The summed E-state index contributed by atoms with van der Waals surface area (Å²) in [5.41, 5.74) is 3.74. The average Bonchev–Trinajstić information content (AvgIpc) is 3.37. The third kappa shape index (κ3) is 4.66. The van der Waals surface area contributed by atoms with Gasteiger partial charge >= 0.3 is 0 Å². The number of thioether (sulfide) groups is 1. The number of fused-ring (bicyclic) bond motifs is 2. The van der Waals surface area contributed by atoms with E-state index < -0.39 is 0 Å². The Morgan fingerprint density at radius 3 is 2.43 bits per heavy atom. The van der Waals surface area contributed by atoms with Crippen LogP contribution in [0.2, 0.25) is 10.0 Å². The topological polar surface area (TPSA) is 42.3 Å². The Hall–Kier alpha value is -3.51. The van der Waals surface area contributed by atoms with E-state index in [1.807, 2.05) is 91.1 Å². The monoisotopic (exact) mass is 542 g/mol. The van der Waals surface area contributed by atoms with Crippen LogP contribution in [0.15, 0.2) is 96.0 Å². The smallest absolute Gasteiger partial charge is 0.293 e. The molecule has 0 unspecified atom stereocenters. The molecule has 6 rings (SSSR count). The summed E-state index contributed by atoms with van der Waals surface area (Å²) >= 11 is 13.5. The predicted molar refractivity (Wildman–Crippen MR) is 153 cm³/mol. The molecule has 182 valence electrons. The third-order valence-corrected chi connectivity index (χ3v) is 7.98. The number of halogens is 2. The Bertz CT molecular complexity index is 1740. The molecule has 0 bridgehead atoms. The van der Waals surface area contributed by atoms with Gasteiger partial charge in [-0.05, 0) is 64.0 Å². The normalized spacial score (nSPS) is 15.0. The van der Waals surface area contributed by atoms with E-state index in [2.05, 4.69) is 4.57 Å². The first-order valence-corrected chi connectivity index (χ1v) is 13.3. The van der Waals surface area contributed by atoms with E-state index in [0.717, 1.165) is 50.1 Å². The molecule has 4 aromatic carbocycles. The summed E-state index contributed by atoms with van der Waals surface area (Å²) in [5.74, 6) is -0.277. The number of aromatic nitrogens is 1. The number of rotatable bonds is 5. The van der Waals surface area contributed by atoms with E-state index in [1.165, 1.54) is 4.90 Å². The first-order chi connectivity index (χ1) is 18.0. The van der Waals surface area contributed by atoms with E-state index in [1.54, 1.807) is 6.07 Å². The van der Waals surface area contributed by atoms with Crippen LogP contribution in [-0.2, 0) is 17.9 Å². The van der Waals surface area contributed by atoms with E-state index in [4.69, 9.17) is 23.2 Å². The van der Waals surface area contributed by atoms with Crippen molar-refractivity contribution in [3.63, 3.8) is 0 Å². The molecule has 0 N–H and O–H groups in total. The highest BCUT2D eigenvalue weighted by Crippen LogP contribution is 2.35. The Morgan fingerprint density at radius 1 is 0.811 bits per heavy atom. The van der Waals surface area contributed by atoms with E-state index >= 15 is 0 Å². The molecule has 37 heavy (non-hydrogen) atoms. The standard InChI is InChI=1S/C30H20Cl2N2O2S/c31-24-12-11-22(26(32)15-24)17-33-18-23(25-7-3-4-8-27(25)33)14-28-29(35)34(30(36)37-28)16-19-9-10-20-5-1-2-6-21(20)13-19/h1-15,18H,16-17H2/b28-14+. The Labute approximate surface area is 228 Å². The molecular formula is C30H20Cl2N2O2S. The van der Waals surface area contributed by atoms with Crippen molar-refractivity contribution >= 4 is 73.9 Å². The number of imide groups is 1. The highest BCUT2D eigenvalue weighted by Gasteiger charge is 2.35. The Kier molecular flexibility index (Phi) is 6.29. The van der Waals surface area contributed by atoms with Gasteiger partial charge in [-0.1, -0.05) is 83.9 Å². The summed E-state index contributed by atoms with van der Waals surface area (Å²) in [5, 5.41) is 4.12. The lowest BCUT2D eigenvalue weighted by Crippen LogP contribution is -2.27. The van der Waals surface area contributed by atoms with Crippen molar-refractivity contribution in [1.82, 2.24) is 9.47 Å². The number of benzene rings is 4. The fourth-order valence-electron chi connectivity index (χ4n) is 4.65. The van der Waals surface area contributed by atoms with Crippen LogP contribution >= 0.6 is 35.0 Å². The molecule has 2 amide bonds. The molecule has 0 spiro atoms. The van der Waals surface area contributed by atoms with Gasteiger partial charge in [-0.15, -0.1) is 0 Å². The van der Waals surface area contributed by atoms with Gasteiger partial charge in [-0.2, -0.15) is 0 Å². The van der Waals surface area contributed by atoms with Gasteiger partial charge in [0.1, 0.15) is 0 Å². The maximum absolute atomic E-state index is 13.3. The number of para-hydroxylation sites is 1. The van der Waals surface area contributed by atoms with Gasteiger partial charge in [0.25, 0.3) is 11.1 Å². The van der Waals surface area contributed by atoms with E-state index in [9.17, 15) is 9.59 Å². The van der Waals surface area contributed by atoms with Gasteiger partial charge < -0.3 is 4.57 Å². The molecule has 2 heterocycles. The van der Waals surface area contributed by atoms with Crippen LogP contribution in [0.5, 0.6) is 0 Å². The van der Waals surface area contributed by atoms with Gasteiger partial charge in [-0.25, -0.2) is 0 Å². The lowest BCUT2D eigenvalue weighted by atomic mass is 10.1. The number of amides is 2. The van der Waals surface area contributed by atoms with Gasteiger partial charge in [-0.3, -0.25) is 14.5 Å². The van der Waals surface area contributed by atoms with Crippen LogP contribution in [0.3, 0.4) is 0 Å². The fraction of sp³-hybridized carbons (Fsp3) is 0.0667. The molecular weight excluding hydrogens is 523 g/mol. The Morgan fingerprint density at radius 2 is 1.59 bits per heavy atom. The SMILES string of the molecule is O=C1S/C(=C/c2cn(Cc3ccc(Cl)cc3Cl)c3ccccc23)C(=O)N1Cc1ccc2ccccc2c1. The molecule has 0 atom stereocenters. The molecule has 0 radical (unpaired) electrons. The second-order valence-corrected chi connectivity index (χ2v) is 10.8. The summed E-state index contributed by atoms with van der Waals surface area (Å²) in [6.45, 7) is 0.789. The van der Waals surface area contributed by atoms with Crippen molar-refractivity contribution in [3.8, 4) is 0 Å². The molecule has 0 aliphatic carbocycles. The minimum absolute atomic E-state index is 0.240. The summed E-state index contributed by atoms with van der Waals surface area (Å²) in [6.07, 6.45) is 3.81. The quantitative estimate of drug-likeness (QED) is 0.209. The lowest BCUT2D eigenvalue weighted by molar-refractivity contribution is -0.123. The van der Waals surface area contributed by atoms with Crippen molar-refractivity contribution in [3.05, 3.63) is 123 Å². The number of hydrogen-bond acceptors (Lipinski definition) is 3. The van der Waals surface area contributed by atoms with E-state index in [-0.39, 0.29) is 17.7 Å². The molecule has 1 aliphatic heterocycles. The molecule has 1 fully saturated rings. The molecule has 4 nitrogen and oxygen atoms in total. The minimum Gasteiger partial charge on any atom is -0.342 e. The van der Waals surface area contributed by atoms with Crippen LogP contribution in [0.25, 0.3) is 27.8 Å². The van der Waals surface area contributed by atoms with Crippen LogP contribution < -0.4 is 0 Å². The molecule has 5 aromatic rings. The number of carbonyl (C=O) groups excluding carboxylic acids is 2. The number of carbonyl (C=O) groups is 2. The van der Waals surface area contributed by atoms with Crippen molar-refractivity contribution in [1.29, 1.82) is 0 Å². The van der Waals surface area contributed by atoms with Gasteiger partial charge in [0.05, 0.1) is 11.4 Å². The summed E-state index contributed by atoms with van der Waals surface area (Å²) in [4.78, 5) is 27.8. The largest absolute Gasteiger partial charge is 0.342 e. The van der Waals surface area contributed by atoms with Gasteiger partial charge in [0, 0.05) is 39.3 Å². The van der Waals surface area contributed by atoms with Crippen LogP contribution in [0.4, 0.5) is 4.79 Å². The molecule has 1 aliphatic rings. The maximum Gasteiger partial charge on any atom is 0.293 e. The van der Waals surface area contributed by atoms with Gasteiger partial charge in [0.15, 0.2) is 0 Å². The summed E-state index contributed by atoms with van der Waals surface area (Å²) in [6, 6.07) is 27.5. The maximum atomic E-state index is 13.3. The van der Waals surface area contributed by atoms with Crippen molar-refractivity contribution in [2.75, 3.05) is 0 Å². The van der Waals surface area contributed by atoms with Crippen molar-refractivity contribution in [2.45, 2.75) is 13.1 Å². The minimum atomic E-state index is -0.277. The highest BCUT2D eigenvalue weighted by atomic mass is 35.5. The molecule has 1 aromatic heterocycles. The summed E-state index contributed by atoms with van der Waals surface area (Å²) < 4.78 is 2.09. The number of nitrogens with zero attached hydrogens (tertiary/aromatic N) is 2. The predicted octanol–water partition coefficient (Wildman–Crippen LogP) is 8.39. The third-order valence-electron chi connectivity index (χ3n) is 6.49. The number of hydrogen-bond donors (Lipinski definition) is 0. The first kappa shape index (κ1) is 23.9. The zero-order chi connectivity index (χ0) is 25.5. The zero-order valence-corrected chi connectivity index (χ0v) is 21.9. The lowest BCUT2D eigenvalue weighted by Gasteiger charge is -2.13. The molecule has 7 heteroatoms. The zero-order valence-electron chi connectivity index (χ0n) is 19.5. The fourth-order valence-corrected chi connectivity index (χ4v) is 5.95. The molecule has 0 saturated carbocycles. The van der Waals surface area contributed by atoms with Crippen molar-refractivity contribution < 1.29 is 9.59 Å². The Balaban J connectivity index is 1.30. The van der Waals surface area contributed by atoms with Crippen LogP contribution in [-0.4, -0.2) is 20.6 Å². The second-order valence-electron chi connectivity index (χ2n) is 8.91. The van der Waals surface area contributed by atoms with Crippen LogP contribution in [0.1, 0.15) is 16.7 Å². The average molecular weight is 543 g/mol. The highest BCUT2D eigenvalue weighted by molar-refractivity contribution is 8.18. The first-order valence-electron chi connectivity index (χ1n) is 11.7. The molecule has 1 saturated heterocycles. The van der Waals surface area contributed by atoms with Crippen molar-refractivity contribution in [2.24, 2.45) is 0 Å². The van der Waals surface area contributed by atoms with E-state index in [0.29, 0.717) is 21.5 Å². The van der Waals surface area contributed by atoms with Gasteiger partial charge in [0.2, 0.25) is 0 Å². The van der Waals surface area contributed by atoms with Crippen LogP contribution in [0, 0.1) is 0 Å². The second kappa shape index (κ2) is 9.75. The summed E-state index contributed by atoms with van der Waals surface area (Å²) in [7, 11) is 0.